The molecule has 2 N–H and O–H groups in total. The fourth-order valence-corrected chi connectivity index (χ4v) is 3.47. The number of para-hydroxylation sites is 1. The zero-order valence-corrected chi connectivity index (χ0v) is 18.2. The van der Waals surface area contributed by atoms with Crippen molar-refractivity contribution in [1.29, 1.82) is 0 Å². The molecule has 0 radical (unpaired) electrons. The van der Waals surface area contributed by atoms with Gasteiger partial charge in [-0.15, -0.1) is 0 Å². The van der Waals surface area contributed by atoms with Crippen LogP contribution in [0.4, 0.5) is 10.5 Å². The molecule has 0 aliphatic heterocycles. The number of rotatable bonds is 6. The number of nitrogens with one attached hydrogen (secondary N) is 2. The average molecular weight is 439 g/mol. The van der Waals surface area contributed by atoms with Crippen molar-refractivity contribution in [2.45, 2.75) is 19.0 Å². The van der Waals surface area contributed by atoms with Crippen LogP contribution in [0.25, 0.3) is 5.69 Å². The number of carbonyl (C=O) groups is 3. The fourth-order valence-electron chi connectivity index (χ4n) is 2.92. The van der Waals surface area contributed by atoms with Crippen molar-refractivity contribution in [2.24, 2.45) is 0 Å². The van der Waals surface area contributed by atoms with Gasteiger partial charge >= 0.3 is 12.0 Å². The number of esters is 1. The van der Waals surface area contributed by atoms with E-state index in [0.29, 0.717) is 10.8 Å². The van der Waals surface area contributed by atoms with Gasteiger partial charge in [-0.3, -0.25) is 14.7 Å². The molecule has 160 valence electrons. The highest BCUT2D eigenvalue weighted by atomic mass is 32.2. The second-order valence-electron chi connectivity index (χ2n) is 6.70. The molecule has 8 nitrogen and oxygen atoms in total. The molecule has 9 heteroatoms. The van der Waals surface area contributed by atoms with Crippen molar-refractivity contribution < 1.29 is 19.1 Å². The maximum absolute atomic E-state index is 12.6. The van der Waals surface area contributed by atoms with Crippen LogP contribution in [-0.4, -0.2) is 40.3 Å². The van der Waals surface area contributed by atoms with Crippen LogP contribution in [0.15, 0.2) is 59.9 Å². The molecule has 3 amide bonds. The molecule has 0 saturated carbocycles. The van der Waals surface area contributed by atoms with Crippen molar-refractivity contribution in [3.8, 4) is 5.69 Å². The Kier molecular flexibility index (Phi) is 7.09. The first-order valence-electron chi connectivity index (χ1n) is 9.41. The molecule has 3 rings (SSSR count). The second kappa shape index (κ2) is 9.94. The molecule has 0 aliphatic rings. The summed E-state index contributed by atoms with van der Waals surface area (Å²) in [6.07, 6.45) is 3.24. The summed E-state index contributed by atoms with van der Waals surface area (Å²) in [7, 11) is 0. The summed E-state index contributed by atoms with van der Waals surface area (Å²) < 4.78 is 6.75. The standard InChI is InChI=1S/C22H22N4O4S/c1-14-9-10-17(15(2)11-14)24-21(29)25-19(27)13-30-20(28)18-12-23-22(31-3)26(18)16-7-5-4-6-8-16/h4-12H,13H2,1-3H3,(H2,24,25,27,29). The van der Waals surface area contributed by atoms with Crippen molar-refractivity contribution in [2.75, 3.05) is 18.2 Å². The molecule has 0 aliphatic carbocycles. The number of benzene rings is 2. The van der Waals surface area contributed by atoms with Gasteiger partial charge in [0, 0.05) is 11.4 Å². The number of ether oxygens (including phenoxy) is 1. The van der Waals surface area contributed by atoms with Crippen LogP contribution in [-0.2, 0) is 9.53 Å². The van der Waals surface area contributed by atoms with Gasteiger partial charge in [0.2, 0.25) is 0 Å². The number of amides is 3. The molecule has 2 aromatic carbocycles. The topological polar surface area (TPSA) is 102 Å². The summed E-state index contributed by atoms with van der Waals surface area (Å²) >= 11 is 1.38. The number of aryl methyl sites for hydroxylation is 2. The quantitative estimate of drug-likeness (QED) is 0.449. The Morgan fingerprint density at radius 3 is 2.52 bits per heavy atom. The van der Waals surface area contributed by atoms with Gasteiger partial charge in [0.15, 0.2) is 17.5 Å². The van der Waals surface area contributed by atoms with E-state index in [1.165, 1.54) is 18.0 Å². The van der Waals surface area contributed by atoms with E-state index in [1.54, 1.807) is 10.6 Å². The van der Waals surface area contributed by atoms with E-state index < -0.39 is 24.5 Å². The van der Waals surface area contributed by atoms with Crippen molar-refractivity contribution in [1.82, 2.24) is 14.9 Å². The first-order chi connectivity index (χ1) is 14.9. The average Bonchev–Trinajstić information content (AvgIpc) is 3.19. The third-order valence-electron chi connectivity index (χ3n) is 4.35. The number of nitrogens with zero attached hydrogens (tertiary/aromatic N) is 2. The highest BCUT2D eigenvalue weighted by Crippen LogP contribution is 2.22. The van der Waals surface area contributed by atoms with Gasteiger partial charge in [0.1, 0.15) is 0 Å². The smallest absolute Gasteiger partial charge is 0.357 e. The normalized spacial score (nSPS) is 10.4. The van der Waals surface area contributed by atoms with Gasteiger partial charge in [-0.2, -0.15) is 0 Å². The van der Waals surface area contributed by atoms with Crippen LogP contribution >= 0.6 is 11.8 Å². The highest BCUT2D eigenvalue weighted by Gasteiger charge is 2.20. The van der Waals surface area contributed by atoms with Crippen LogP contribution in [0.3, 0.4) is 0 Å². The van der Waals surface area contributed by atoms with Crippen LogP contribution < -0.4 is 10.6 Å². The Labute approximate surface area is 184 Å². The predicted molar refractivity (Wildman–Crippen MR) is 119 cm³/mol. The van der Waals surface area contributed by atoms with E-state index in [0.717, 1.165) is 16.8 Å². The van der Waals surface area contributed by atoms with Gasteiger partial charge in [0.25, 0.3) is 5.91 Å². The Hall–Kier alpha value is -3.59. The maximum atomic E-state index is 12.6. The summed E-state index contributed by atoms with van der Waals surface area (Å²) in [5.41, 5.74) is 3.44. The van der Waals surface area contributed by atoms with Gasteiger partial charge in [-0.05, 0) is 43.9 Å². The number of urea groups is 1. The predicted octanol–water partition coefficient (Wildman–Crippen LogP) is 3.72. The Morgan fingerprint density at radius 2 is 1.84 bits per heavy atom. The third-order valence-corrected chi connectivity index (χ3v) is 5.01. The van der Waals surface area contributed by atoms with E-state index in [9.17, 15) is 14.4 Å². The van der Waals surface area contributed by atoms with Gasteiger partial charge in [-0.1, -0.05) is 47.7 Å². The Morgan fingerprint density at radius 1 is 1.10 bits per heavy atom. The molecular weight excluding hydrogens is 416 g/mol. The number of imide groups is 1. The number of aromatic nitrogens is 2. The van der Waals surface area contributed by atoms with Crippen LogP contribution in [0.1, 0.15) is 21.6 Å². The fraction of sp³-hybridized carbons (Fsp3) is 0.182. The molecule has 0 unspecified atom stereocenters. The summed E-state index contributed by atoms with van der Waals surface area (Å²) in [4.78, 5) is 40.9. The molecule has 3 aromatic rings. The van der Waals surface area contributed by atoms with E-state index >= 15 is 0 Å². The maximum Gasteiger partial charge on any atom is 0.357 e. The number of hydrogen-bond acceptors (Lipinski definition) is 6. The van der Waals surface area contributed by atoms with Gasteiger partial charge in [0.05, 0.1) is 6.20 Å². The SMILES string of the molecule is CSc1ncc(C(=O)OCC(=O)NC(=O)Nc2ccc(C)cc2C)n1-c1ccccc1. The number of anilines is 1. The summed E-state index contributed by atoms with van der Waals surface area (Å²) in [6, 6.07) is 14.0. The van der Waals surface area contributed by atoms with E-state index in [4.69, 9.17) is 4.74 Å². The molecule has 0 saturated heterocycles. The largest absolute Gasteiger partial charge is 0.451 e. The van der Waals surface area contributed by atoms with Crippen LogP contribution in [0.5, 0.6) is 0 Å². The summed E-state index contributed by atoms with van der Waals surface area (Å²) in [5.74, 6) is -1.46. The monoisotopic (exact) mass is 438 g/mol. The molecule has 0 spiro atoms. The number of thioether (sulfide) groups is 1. The minimum Gasteiger partial charge on any atom is -0.451 e. The molecule has 31 heavy (non-hydrogen) atoms. The Bertz CT molecular complexity index is 1110. The number of carbonyl (C=O) groups excluding carboxylic acids is 3. The molecule has 0 bridgehead atoms. The van der Waals surface area contributed by atoms with Gasteiger partial charge < -0.3 is 10.1 Å². The van der Waals surface area contributed by atoms with Crippen molar-refractivity contribution >= 4 is 35.4 Å². The first kappa shape index (κ1) is 22.1. The summed E-state index contributed by atoms with van der Waals surface area (Å²) in [5, 5.41) is 5.35. The zero-order chi connectivity index (χ0) is 22.4. The number of imidazole rings is 1. The van der Waals surface area contributed by atoms with Crippen molar-refractivity contribution in [3.63, 3.8) is 0 Å². The minimum absolute atomic E-state index is 0.183. The third kappa shape index (κ3) is 5.52. The van der Waals surface area contributed by atoms with Crippen LogP contribution in [0, 0.1) is 13.8 Å². The lowest BCUT2D eigenvalue weighted by Gasteiger charge is -2.11. The Balaban J connectivity index is 1.60. The van der Waals surface area contributed by atoms with Gasteiger partial charge in [-0.25, -0.2) is 14.6 Å². The molecular formula is C22H22N4O4S. The highest BCUT2D eigenvalue weighted by molar-refractivity contribution is 7.98. The number of hydrogen-bond donors (Lipinski definition) is 2. The molecule has 1 heterocycles. The molecule has 0 atom stereocenters. The van der Waals surface area contributed by atoms with Crippen LogP contribution in [0.2, 0.25) is 0 Å². The minimum atomic E-state index is -0.744. The van der Waals surface area contributed by atoms with E-state index in [1.807, 2.05) is 62.6 Å². The molecule has 1 aromatic heterocycles. The second-order valence-corrected chi connectivity index (χ2v) is 7.47. The molecule has 0 fully saturated rings. The van der Waals surface area contributed by atoms with Crippen molar-refractivity contribution in [3.05, 3.63) is 71.5 Å². The van der Waals surface area contributed by atoms with E-state index in [-0.39, 0.29) is 5.69 Å². The lowest BCUT2D eigenvalue weighted by Crippen LogP contribution is -2.37. The lowest BCUT2D eigenvalue weighted by atomic mass is 10.1. The van der Waals surface area contributed by atoms with E-state index in [2.05, 4.69) is 15.6 Å². The first-order valence-corrected chi connectivity index (χ1v) is 10.6. The summed E-state index contributed by atoms with van der Waals surface area (Å²) in [6.45, 7) is 3.19. The zero-order valence-electron chi connectivity index (χ0n) is 17.3. The lowest BCUT2D eigenvalue weighted by molar-refractivity contribution is -0.123.